The second-order valence-electron chi connectivity index (χ2n) is 27.3. The Morgan fingerprint density at radius 3 is 0.829 bits per heavy atom. The van der Waals surface area contributed by atoms with E-state index >= 15 is 0 Å². The predicted octanol–water partition coefficient (Wildman–Crippen LogP) is 18.1. The summed E-state index contributed by atoms with van der Waals surface area (Å²) in [4.78, 5) is 10.9. The maximum Gasteiger partial charge on any atom is 0.0667 e. The molecule has 0 aromatic carbocycles. The molecule has 2 aliphatic carbocycles. The van der Waals surface area contributed by atoms with E-state index in [4.69, 9.17) is 0 Å². The summed E-state index contributed by atoms with van der Waals surface area (Å²) >= 11 is 4.25. The van der Waals surface area contributed by atoms with Crippen molar-refractivity contribution in [3.05, 3.63) is 0 Å². The number of unbranched alkanes of at least 4 members (excludes halogenated alkanes) is 28. The summed E-state index contributed by atoms with van der Waals surface area (Å²) in [6, 6.07) is 1.31. The van der Waals surface area contributed by atoms with Crippen LogP contribution < -0.4 is 0 Å². The standard InChI is InChI=1S/C72H144N4O4S2/c1-5-9-13-17-21-25-29-39-47-67(77)59-73(60-68(78)48-40-30-26-22-18-14-10-6-2)51-55-81-57-53-75-63-72(66-45-37-34-38-46-66)76(64-71(75)65-43-35-33-36-44-65)54-58-82-56-52-74(61-69(79)49-41-31-27-23-19-15-11-7-3)62-70(80)50-42-32-28-24-20-16-12-8-4/h65-72,77-80H,5-64H2,1-4H3. The van der Waals surface area contributed by atoms with E-state index in [1.165, 1.54) is 282 Å². The summed E-state index contributed by atoms with van der Waals surface area (Å²) < 4.78 is 0. The van der Waals surface area contributed by atoms with Crippen LogP contribution in [-0.4, -0.2) is 165 Å². The molecule has 10 heteroatoms. The van der Waals surface area contributed by atoms with Crippen LogP contribution in [0, 0.1) is 11.8 Å². The SMILES string of the molecule is CCCCCCCCCCC(O)CN(CCSCCN1CC(C2CCCCC2)N(CCSCCN(CC(O)CCCCCCCCCC)CC(O)CCCCCCCCCC)CC1C1CCCCC1)CC(O)CCCCCCCCCC. The van der Waals surface area contributed by atoms with Crippen LogP contribution in [0.5, 0.6) is 0 Å². The number of aliphatic hydroxyl groups is 4. The Balaban J connectivity index is 1.57. The average Bonchev–Trinajstić information content (AvgIpc) is 3.69. The Bertz CT molecular complexity index is 1190. The molecule has 0 amide bonds. The topological polar surface area (TPSA) is 93.9 Å². The summed E-state index contributed by atoms with van der Waals surface area (Å²) in [6.45, 7) is 18.7. The Hall–Kier alpha value is 0.380. The molecule has 0 aromatic heterocycles. The van der Waals surface area contributed by atoms with Crippen molar-refractivity contribution in [1.82, 2.24) is 19.6 Å². The molecule has 2 saturated carbocycles. The van der Waals surface area contributed by atoms with Crippen LogP contribution in [0.3, 0.4) is 0 Å². The van der Waals surface area contributed by atoms with Crippen molar-refractivity contribution < 1.29 is 20.4 Å². The van der Waals surface area contributed by atoms with Gasteiger partial charge in [0.15, 0.2) is 0 Å². The first-order valence-corrected chi connectivity index (χ1v) is 39.4. The van der Waals surface area contributed by atoms with Crippen LogP contribution in [0.25, 0.3) is 0 Å². The molecular weight excluding hydrogens is 1050 g/mol. The zero-order chi connectivity index (χ0) is 58.8. The molecule has 4 N–H and O–H groups in total. The van der Waals surface area contributed by atoms with E-state index < -0.39 is 0 Å². The summed E-state index contributed by atoms with van der Waals surface area (Å²) in [5.41, 5.74) is 0. The number of hydrogen-bond donors (Lipinski definition) is 4. The van der Waals surface area contributed by atoms with E-state index in [0.29, 0.717) is 38.3 Å². The molecule has 0 radical (unpaired) electrons. The highest BCUT2D eigenvalue weighted by atomic mass is 32.2. The van der Waals surface area contributed by atoms with Gasteiger partial charge in [0.1, 0.15) is 0 Å². The Morgan fingerprint density at radius 1 is 0.329 bits per heavy atom. The molecule has 1 saturated heterocycles. The smallest absolute Gasteiger partial charge is 0.0667 e. The molecule has 8 nitrogen and oxygen atoms in total. The van der Waals surface area contributed by atoms with Gasteiger partial charge in [0.05, 0.1) is 24.4 Å². The molecule has 6 atom stereocenters. The van der Waals surface area contributed by atoms with Crippen molar-refractivity contribution in [2.45, 2.75) is 360 Å². The second kappa shape index (κ2) is 54.3. The summed E-state index contributed by atoms with van der Waals surface area (Å²) in [6.07, 6.45) is 57.8. The van der Waals surface area contributed by atoms with Gasteiger partial charge in [0, 0.05) is 101 Å². The number of rotatable bonds is 58. The lowest BCUT2D eigenvalue weighted by atomic mass is 9.78. The monoisotopic (exact) mass is 1190 g/mol. The normalized spacial score (nSPS) is 19.7. The zero-order valence-electron chi connectivity index (χ0n) is 55.4. The van der Waals surface area contributed by atoms with Crippen LogP contribution >= 0.6 is 23.5 Å². The van der Waals surface area contributed by atoms with E-state index in [9.17, 15) is 20.4 Å². The van der Waals surface area contributed by atoms with Gasteiger partial charge in [-0.3, -0.25) is 19.6 Å². The van der Waals surface area contributed by atoms with Gasteiger partial charge < -0.3 is 20.4 Å². The van der Waals surface area contributed by atoms with Crippen molar-refractivity contribution in [2.75, 3.05) is 88.5 Å². The average molecular weight is 1190 g/mol. The molecule has 3 fully saturated rings. The van der Waals surface area contributed by atoms with E-state index in [1.807, 2.05) is 0 Å². The molecule has 3 aliphatic rings. The predicted molar refractivity (Wildman–Crippen MR) is 364 cm³/mol. The molecule has 0 aromatic rings. The summed E-state index contributed by atoms with van der Waals surface area (Å²) in [5, 5.41) is 45.3. The van der Waals surface area contributed by atoms with Gasteiger partial charge in [-0.1, -0.05) is 272 Å². The molecule has 0 spiro atoms. The van der Waals surface area contributed by atoms with Crippen molar-refractivity contribution in [1.29, 1.82) is 0 Å². The minimum atomic E-state index is -0.306. The highest BCUT2D eigenvalue weighted by Crippen LogP contribution is 2.37. The minimum absolute atomic E-state index is 0.306. The lowest BCUT2D eigenvalue weighted by Crippen LogP contribution is -2.63. The third-order valence-electron chi connectivity index (χ3n) is 19.8. The summed E-state index contributed by atoms with van der Waals surface area (Å²) in [7, 11) is 0. The van der Waals surface area contributed by atoms with Crippen LogP contribution in [-0.2, 0) is 0 Å². The van der Waals surface area contributed by atoms with Crippen molar-refractivity contribution >= 4 is 23.5 Å². The minimum Gasteiger partial charge on any atom is -0.392 e. The largest absolute Gasteiger partial charge is 0.392 e. The third kappa shape index (κ3) is 40.1. The highest BCUT2D eigenvalue weighted by molar-refractivity contribution is 7.99. The van der Waals surface area contributed by atoms with Crippen molar-refractivity contribution in [3.63, 3.8) is 0 Å². The summed E-state index contributed by atoms with van der Waals surface area (Å²) in [5.74, 6) is 6.10. The number of thioether (sulfide) groups is 2. The van der Waals surface area contributed by atoms with Crippen LogP contribution in [0.4, 0.5) is 0 Å². The second-order valence-corrected chi connectivity index (χ2v) is 29.8. The molecular formula is C72H144N4O4S2. The zero-order valence-corrected chi connectivity index (χ0v) is 57.1. The van der Waals surface area contributed by atoms with Crippen LogP contribution in [0.15, 0.2) is 0 Å². The fraction of sp³-hybridized carbons (Fsp3) is 1.00. The molecule has 3 rings (SSSR count). The number of hydrogen-bond acceptors (Lipinski definition) is 10. The van der Waals surface area contributed by atoms with Gasteiger partial charge in [0.25, 0.3) is 0 Å². The molecule has 82 heavy (non-hydrogen) atoms. The lowest BCUT2D eigenvalue weighted by Gasteiger charge is -2.52. The van der Waals surface area contributed by atoms with E-state index in [2.05, 4.69) is 70.8 Å². The quantitative estimate of drug-likeness (QED) is 0.0441. The van der Waals surface area contributed by atoms with E-state index in [1.54, 1.807) is 0 Å². The van der Waals surface area contributed by atoms with Gasteiger partial charge in [-0.2, -0.15) is 23.5 Å². The molecule has 488 valence electrons. The van der Waals surface area contributed by atoms with Gasteiger partial charge >= 0.3 is 0 Å². The fourth-order valence-electron chi connectivity index (χ4n) is 14.5. The number of nitrogens with zero attached hydrogens (tertiary/aromatic N) is 4. The fourth-order valence-corrected chi connectivity index (χ4v) is 16.4. The van der Waals surface area contributed by atoms with Gasteiger partial charge in [-0.05, 0) is 63.2 Å². The number of aliphatic hydroxyl groups excluding tert-OH is 4. The first-order chi connectivity index (χ1) is 40.3. The lowest BCUT2D eigenvalue weighted by molar-refractivity contribution is -0.0242. The van der Waals surface area contributed by atoms with Crippen LogP contribution in [0.1, 0.15) is 323 Å². The molecule has 6 unspecified atom stereocenters. The Labute approximate surface area is 520 Å². The maximum absolute atomic E-state index is 11.3. The van der Waals surface area contributed by atoms with E-state index in [-0.39, 0.29) is 24.4 Å². The van der Waals surface area contributed by atoms with Crippen molar-refractivity contribution in [3.8, 4) is 0 Å². The molecule has 1 aliphatic heterocycles. The van der Waals surface area contributed by atoms with E-state index in [0.717, 1.165) is 87.8 Å². The Kier molecular flexibility index (Phi) is 50.8. The van der Waals surface area contributed by atoms with Crippen molar-refractivity contribution in [2.24, 2.45) is 11.8 Å². The maximum atomic E-state index is 11.3. The van der Waals surface area contributed by atoms with Gasteiger partial charge in [-0.25, -0.2) is 0 Å². The van der Waals surface area contributed by atoms with Gasteiger partial charge in [-0.15, -0.1) is 0 Å². The molecule has 1 heterocycles. The first kappa shape index (κ1) is 76.6. The first-order valence-electron chi connectivity index (χ1n) is 37.1. The third-order valence-corrected chi connectivity index (χ3v) is 21.6. The Morgan fingerprint density at radius 2 is 0.573 bits per heavy atom. The van der Waals surface area contributed by atoms with Gasteiger partial charge in [0.2, 0.25) is 0 Å². The van der Waals surface area contributed by atoms with Crippen LogP contribution in [0.2, 0.25) is 0 Å². The highest BCUT2D eigenvalue weighted by Gasteiger charge is 2.41. The number of piperazine rings is 1. The molecule has 0 bridgehead atoms.